The predicted octanol–water partition coefficient (Wildman–Crippen LogP) is 2.24. The number of hydrogen-bond donors (Lipinski definition) is 1. The van der Waals surface area contributed by atoms with E-state index in [0.29, 0.717) is 36.1 Å². The first kappa shape index (κ1) is 15.6. The topological polar surface area (TPSA) is 55.6 Å². The van der Waals surface area contributed by atoms with Gasteiger partial charge in [-0.2, -0.15) is 0 Å². The van der Waals surface area contributed by atoms with Crippen LogP contribution in [0.1, 0.15) is 17.5 Å². The van der Waals surface area contributed by atoms with E-state index in [4.69, 9.17) is 33.7 Å². The van der Waals surface area contributed by atoms with Gasteiger partial charge in [0.15, 0.2) is 0 Å². The summed E-state index contributed by atoms with van der Waals surface area (Å²) in [6, 6.07) is 3.64. The molecule has 2 rings (SSSR count). The Bertz CT molecular complexity index is 504. The number of nitrogens with zero attached hydrogens (tertiary/aromatic N) is 1. The van der Waals surface area contributed by atoms with Crippen molar-refractivity contribution in [1.29, 1.82) is 0 Å². The first-order valence-corrected chi connectivity index (χ1v) is 7.28. The number of nitrogens with two attached hydrogens (primary N) is 1. The summed E-state index contributed by atoms with van der Waals surface area (Å²) in [7, 11) is 1.56. The van der Waals surface area contributed by atoms with Crippen LogP contribution >= 0.6 is 23.2 Å². The summed E-state index contributed by atoms with van der Waals surface area (Å²) >= 11 is 12.2. The van der Waals surface area contributed by atoms with E-state index in [0.717, 1.165) is 17.5 Å². The number of benzene rings is 1. The largest absolute Gasteiger partial charge is 0.380 e. The maximum atomic E-state index is 12.2. The Morgan fingerprint density at radius 3 is 2.90 bits per heavy atom. The van der Waals surface area contributed by atoms with Crippen molar-refractivity contribution in [3.63, 3.8) is 0 Å². The molecule has 0 aromatic heterocycles. The summed E-state index contributed by atoms with van der Waals surface area (Å²) in [6.45, 7) is 1.53. The lowest BCUT2D eigenvalue weighted by atomic mass is 9.99. The molecular weight excluding hydrogens is 299 g/mol. The van der Waals surface area contributed by atoms with Gasteiger partial charge in [0.1, 0.15) is 0 Å². The average molecular weight is 317 g/mol. The van der Waals surface area contributed by atoms with Crippen molar-refractivity contribution in [3.05, 3.63) is 33.3 Å². The van der Waals surface area contributed by atoms with E-state index in [-0.39, 0.29) is 12.0 Å². The second-order valence-electron chi connectivity index (χ2n) is 4.89. The van der Waals surface area contributed by atoms with Crippen LogP contribution in [0.5, 0.6) is 0 Å². The molecule has 1 unspecified atom stereocenters. The van der Waals surface area contributed by atoms with Crippen molar-refractivity contribution in [1.82, 2.24) is 4.90 Å². The minimum atomic E-state index is -0.232. The number of carbonyl (C=O) groups is 1. The molecule has 0 bridgehead atoms. The fraction of sp³-hybridized carbons (Fsp3) is 0.500. The highest BCUT2D eigenvalue weighted by Gasteiger charge is 2.24. The van der Waals surface area contributed by atoms with Gasteiger partial charge in [-0.1, -0.05) is 23.2 Å². The van der Waals surface area contributed by atoms with Crippen molar-refractivity contribution >= 4 is 29.1 Å². The molecule has 0 radical (unpaired) electrons. The second-order valence-corrected chi connectivity index (χ2v) is 5.73. The van der Waals surface area contributed by atoms with Gasteiger partial charge in [0.25, 0.3) is 0 Å². The molecular formula is C14H18Cl2N2O2. The van der Waals surface area contributed by atoms with Crippen LogP contribution in [0.15, 0.2) is 12.1 Å². The Balaban J connectivity index is 2.09. The van der Waals surface area contributed by atoms with Gasteiger partial charge < -0.3 is 15.4 Å². The zero-order chi connectivity index (χ0) is 14.7. The summed E-state index contributed by atoms with van der Waals surface area (Å²) in [4.78, 5) is 14.0. The molecule has 1 atom stereocenters. The Labute approximate surface area is 128 Å². The maximum absolute atomic E-state index is 12.2. The molecule has 0 saturated heterocycles. The van der Waals surface area contributed by atoms with Gasteiger partial charge in [-0.05, 0) is 29.7 Å². The number of fused-ring (bicyclic) bond motifs is 1. The predicted molar refractivity (Wildman–Crippen MR) is 80.1 cm³/mol. The van der Waals surface area contributed by atoms with E-state index >= 15 is 0 Å². The van der Waals surface area contributed by atoms with Crippen LogP contribution in [-0.4, -0.2) is 37.1 Å². The van der Waals surface area contributed by atoms with E-state index in [1.165, 1.54) is 0 Å². The summed E-state index contributed by atoms with van der Waals surface area (Å²) < 4.78 is 5.15. The number of amides is 1. The third-order valence-electron chi connectivity index (χ3n) is 3.60. The Hall–Kier alpha value is -0.810. The van der Waals surface area contributed by atoms with E-state index < -0.39 is 0 Å². The maximum Gasteiger partial charge on any atom is 0.225 e. The molecule has 4 nitrogen and oxygen atoms in total. The second kappa shape index (κ2) is 6.76. The normalized spacial score (nSPS) is 15.9. The minimum absolute atomic E-state index is 0.0407. The number of carbonyl (C=O) groups excluding carboxylic acids is 1. The monoisotopic (exact) mass is 316 g/mol. The lowest BCUT2D eigenvalue weighted by Gasteiger charge is -2.30. The van der Waals surface area contributed by atoms with Crippen LogP contribution in [0.2, 0.25) is 10.0 Å². The summed E-state index contributed by atoms with van der Waals surface area (Å²) in [6.07, 6.45) is 0.833. The summed E-state index contributed by atoms with van der Waals surface area (Å²) in [5, 5.41) is 1.25. The third-order valence-corrected chi connectivity index (χ3v) is 4.16. The van der Waals surface area contributed by atoms with Crippen LogP contribution in [0.25, 0.3) is 0 Å². The molecule has 20 heavy (non-hydrogen) atoms. The van der Waals surface area contributed by atoms with Gasteiger partial charge >= 0.3 is 0 Å². The first-order chi connectivity index (χ1) is 9.55. The van der Waals surface area contributed by atoms with Crippen LogP contribution in [0, 0.1) is 0 Å². The Morgan fingerprint density at radius 2 is 2.25 bits per heavy atom. The zero-order valence-corrected chi connectivity index (χ0v) is 12.9. The Morgan fingerprint density at radius 1 is 1.50 bits per heavy atom. The highest BCUT2D eigenvalue weighted by Crippen LogP contribution is 2.30. The van der Waals surface area contributed by atoms with Gasteiger partial charge in [-0.3, -0.25) is 4.79 Å². The van der Waals surface area contributed by atoms with Crippen molar-refractivity contribution in [3.8, 4) is 0 Å². The van der Waals surface area contributed by atoms with Gasteiger partial charge in [-0.15, -0.1) is 0 Å². The van der Waals surface area contributed by atoms with Gasteiger partial charge in [0.2, 0.25) is 5.91 Å². The minimum Gasteiger partial charge on any atom is -0.380 e. The van der Waals surface area contributed by atoms with E-state index in [9.17, 15) is 4.79 Å². The molecule has 0 spiro atoms. The fourth-order valence-electron chi connectivity index (χ4n) is 2.38. The quantitative estimate of drug-likeness (QED) is 0.926. The van der Waals surface area contributed by atoms with Gasteiger partial charge in [0.05, 0.1) is 12.5 Å². The number of rotatable bonds is 4. The molecule has 1 amide bonds. The van der Waals surface area contributed by atoms with Crippen molar-refractivity contribution in [2.75, 3.05) is 20.2 Å². The zero-order valence-electron chi connectivity index (χ0n) is 11.4. The first-order valence-electron chi connectivity index (χ1n) is 6.52. The number of halogens is 2. The molecule has 2 N–H and O–H groups in total. The number of hydrogen-bond acceptors (Lipinski definition) is 3. The highest BCUT2D eigenvalue weighted by atomic mass is 35.5. The van der Waals surface area contributed by atoms with Gasteiger partial charge in [-0.25, -0.2) is 0 Å². The SMILES string of the molecule is COC(CN)CC(=O)N1CCc2cc(Cl)cc(Cl)c2C1. The van der Waals surface area contributed by atoms with E-state index in [1.54, 1.807) is 18.1 Å². The molecule has 0 fully saturated rings. The van der Waals surface area contributed by atoms with Crippen molar-refractivity contribution < 1.29 is 9.53 Å². The molecule has 0 saturated carbocycles. The van der Waals surface area contributed by atoms with E-state index in [1.807, 2.05) is 6.07 Å². The molecule has 6 heteroatoms. The van der Waals surface area contributed by atoms with Crippen LogP contribution < -0.4 is 5.73 Å². The van der Waals surface area contributed by atoms with Crippen molar-refractivity contribution in [2.45, 2.75) is 25.5 Å². The van der Waals surface area contributed by atoms with Crippen LogP contribution in [-0.2, 0) is 22.5 Å². The highest BCUT2D eigenvalue weighted by molar-refractivity contribution is 6.35. The molecule has 1 heterocycles. The lowest BCUT2D eigenvalue weighted by Crippen LogP contribution is -2.39. The molecule has 1 aromatic rings. The van der Waals surface area contributed by atoms with E-state index in [2.05, 4.69) is 0 Å². The number of methoxy groups -OCH3 is 1. The smallest absolute Gasteiger partial charge is 0.225 e. The summed E-state index contributed by atoms with van der Waals surface area (Å²) in [5.74, 6) is 0.0407. The Kier molecular flexibility index (Phi) is 5.27. The molecule has 1 aliphatic heterocycles. The molecule has 1 aliphatic rings. The van der Waals surface area contributed by atoms with Crippen LogP contribution in [0.3, 0.4) is 0 Å². The average Bonchev–Trinajstić information content (AvgIpc) is 2.44. The molecule has 0 aliphatic carbocycles. The molecule has 110 valence electrons. The summed E-state index contributed by atoms with van der Waals surface area (Å²) in [5.41, 5.74) is 7.65. The van der Waals surface area contributed by atoms with Gasteiger partial charge in [0, 0.05) is 36.8 Å². The van der Waals surface area contributed by atoms with Crippen molar-refractivity contribution in [2.24, 2.45) is 5.73 Å². The molecule has 1 aromatic carbocycles. The number of ether oxygens (including phenoxy) is 1. The third kappa shape index (κ3) is 3.44. The standard InChI is InChI=1S/C14H18Cl2N2O2/c1-20-11(7-17)6-14(19)18-3-2-9-4-10(15)5-13(16)12(9)8-18/h4-5,11H,2-3,6-8,17H2,1H3. The lowest BCUT2D eigenvalue weighted by molar-refractivity contribution is -0.134. The fourth-order valence-corrected chi connectivity index (χ4v) is 2.98. The van der Waals surface area contributed by atoms with Crippen LogP contribution in [0.4, 0.5) is 0 Å².